The number of nitrogens with zero attached hydrogens (tertiary/aromatic N) is 1. The number of oxazole rings is 1. The number of nitrogens with one attached hydrogen (secondary N) is 2. The highest BCUT2D eigenvalue weighted by atomic mass is 32.2. The van der Waals surface area contributed by atoms with Crippen molar-refractivity contribution >= 4 is 10.0 Å². The number of rotatable bonds is 8. The third-order valence-corrected chi connectivity index (χ3v) is 3.79. The number of hydrogen-bond acceptors (Lipinski definition) is 5. The molecular weight excluding hydrogens is 254 g/mol. The Morgan fingerprint density at radius 1 is 1.44 bits per heavy atom. The molecule has 0 bridgehead atoms. The standard InChI is InChI=1S/C11H21N3O3S/c1-4-5-12-6-7-18(15,16)14-10(3)11-13-8-9(2)17-11/h8,10,12,14H,4-7H2,1-3H3. The first-order chi connectivity index (χ1) is 8.44. The molecule has 0 aliphatic rings. The van der Waals surface area contributed by atoms with Crippen LogP contribution in [0.1, 0.15) is 38.0 Å². The molecule has 1 aromatic rings. The van der Waals surface area contributed by atoms with Crippen LogP contribution in [-0.2, 0) is 10.0 Å². The molecule has 18 heavy (non-hydrogen) atoms. The average molecular weight is 275 g/mol. The summed E-state index contributed by atoms with van der Waals surface area (Å²) in [6, 6.07) is -0.449. The SMILES string of the molecule is CCCNCCS(=O)(=O)NC(C)c1ncc(C)o1. The summed E-state index contributed by atoms with van der Waals surface area (Å²) in [5.41, 5.74) is 0. The highest BCUT2D eigenvalue weighted by Crippen LogP contribution is 2.12. The molecule has 1 heterocycles. The quantitative estimate of drug-likeness (QED) is 0.690. The van der Waals surface area contributed by atoms with Crippen LogP contribution in [0.5, 0.6) is 0 Å². The zero-order valence-electron chi connectivity index (χ0n) is 11.1. The second-order valence-electron chi connectivity index (χ2n) is 4.22. The fourth-order valence-corrected chi connectivity index (χ4v) is 2.63. The van der Waals surface area contributed by atoms with Crippen molar-refractivity contribution in [3.8, 4) is 0 Å². The Kier molecular flexibility index (Phi) is 5.77. The first-order valence-corrected chi connectivity index (χ1v) is 7.73. The third-order valence-electron chi connectivity index (χ3n) is 2.34. The van der Waals surface area contributed by atoms with Crippen LogP contribution >= 0.6 is 0 Å². The Bertz CT molecular complexity index is 456. The van der Waals surface area contributed by atoms with Crippen molar-refractivity contribution in [2.45, 2.75) is 33.2 Å². The third kappa shape index (κ3) is 5.16. The number of aromatic nitrogens is 1. The van der Waals surface area contributed by atoms with Crippen LogP contribution in [0.4, 0.5) is 0 Å². The zero-order chi connectivity index (χ0) is 13.6. The van der Waals surface area contributed by atoms with E-state index in [1.807, 2.05) is 6.92 Å². The largest absolute Gasteiger partial charge is 0.444 e. The second kappa shape index (κ2) is 6.86. The van der Waals surface area contributed by atoms with Crippen LogP contribution < -0.4 is 10.0 Å². The normalized spacial score (nSPS) is 13.7. The Morgan fingerprint density at radius 2 is 2.17 bits per heavy atom. The summed E-state index contributed by atoms with van der Waals surface area (Å²) < 4.78 is 31.3. The fraction of sp³-hybridized carbons (Fsp3) is 0.727. The molecule has 104 valence electrons. The van der Waals surface area contributed by atoms with E-state index in [1.54, 1.807) is 20.0 Å². The zero-order valence-corrected chi connectivity index (χ0v) is 11.9. The molecule has 1 rings (SSSR count). The lowest BCUT2D eigenvalue weighted by Gasteiger charge is -2.11. The Labute approximate surface area is 108 Å². The van der Waals surface area contributed by atoms with Crippen molar-refractivity contribution in [2.75, 3.05) is 18.8 Å². The minimum absolute atomic E-state index is 0.0526. The molecule has 1 aromatic heterocycles. The molecule has 0 radical (unpaired) electrons. The van der Waals surface area contributed by atoms with Gasteiger partial charge in [-0.05, 0) is 26.8 Å². The summed E-state index contributed by atoms with van der Waals surface area (Å²) in [4.78, 5) is 4.00. The van der Waals surface area contributed by atoms with Gasteiger partial charge in [-0.3, -0.25) is 0 Å². The van der Waals surface area contributed by atoms with Gasteiger partial charge in [0.25, 0.3) is 0 Å². The molecule has 2 N–H and O–H groups in total. The van der Waals surface area contributed by atoms with Gasteiger partial charge >= 0.3 is 0 Å². The number of hydrogen-bond donors (Lipinski definition) is 2. The van der Waals surface area contributed by atoms with E-state index in [4.69, 9.17) is 4.42 Å². The molecule has 0 saturated carbocycles. The van der Waals surface area contributed by atoms with Crippen LogP contribution in [-0.4, -0.2) is 32.2 Å². The summed E-state index contributed by atoms with van der Waals surface area (Å²) >= 11 is 0. The molecule has 0 saturated heterocycles. The van der Waals surface area contributed by atoms with Crippen molar-refractivity contribution in [1.29, 1.82) is 0 Å². The molecule has 7 heteroatoms. The summed E-state index contributed by atoms with van der Waals surface area (Å²) in [5, 5.41) is 3.05. The van der Waals surface area contributed by atoms with Crippen molar-refractivity contribution in [3.63, 3.8) is 0 Å². The van der Waals surface area contributed by atoms with E-state index in [0.29, 0.717) is 18.2 Å². The Morgan fingerprint density at radius 3 is 2.72 bits per heavy atom. The molecule has 0 aliphatic carbocycles. The maximum absolute atomic E-state index is 11.8. The highest BCUT2D eigenvalue weighted by molar-refractivity contribution is 7.89. The molecule has 1 unspecified atom stereocenters. The molecule has 0 spiro atoms. The van der Waals surface area contributed by atoms with Gasteiger partial charge in [0.2, 0.25) is 15.9 Å². The molecule has 0 aliphatic heterocycles. The molecule has 6 nitrogen and oxygen atoms in total. The van der Waals surface area contributed by atoms with E-state index in [-0.39, 0.29) is 5.75 Å². The average Bonchev–Trinajstić information content (AvgIpc) is 2.71. The minimum Gasteiger partial charge on any atom is -0.444 e. The van der Waals surface area contributed by atoms with Gasteiger partial charge in [0.1, 0.15) is 5.76 Å². The van der Waals surface area contributed by atoms with E-state index in [1.165, 1.54) is 0 Å². The van der Waals surface area contributed by atoms with Crippen molar-refractivity contribution < 1.29 is 12.8 Å². The summed E-state index contributed by atoms with van der Waals surface area (Å²) in [6.07, 6.45) is 2.56. The van der Waals surface area contributed by atoms with Gasteiger partial charge in [-0.25, -0.2) is 18.1 Å². The summed E-state index contributed by atoms with van der Waals surface area (Å²) in [7, 11) is -3.31. The lowest BCUT2D eigenvalue weighted by molar-refractivity contribution is 0.427. The van der Waals surface area contributed by atoms with Crippen molar-refractivity contribution in [2.24, 2.45) is 0 Å². The first-order valence-electron chi connectivity index (χ1n) is 6.07. The minimum atomic E-state index is -3.31. The first kappa shape index (κ1) is 15.1. The smallest absolute Gasteiger partial charge is 0.213 e. The van der Waals surface area contributed by atoms with Gasteiger partial charge in [-0.15, -0.1) is 0 Å². The maximum atomic E-state index is 11.8. The lowest BCUT2D eigenvalue weighted by atomic mass is 10.4. The maximum Gasteiger partial charge on any atom is 0.213 e. The summed E-state index contributed by atoms with van der Waals surface area (Å²) in [5.74, 6) is 1.11. The van der Waals surface area contributed by atoms with Gasteiger partial charge in [0.15, 0.2) is 0 Å². The van der Waals surface area contributed by atoms with Gasteiger partial charge in [-0.1, -0.05) is 6.92 Å². The van der Waals surface area contributed by atoms with Crippen LogP contribution in [0.25, 0.3) is 0 Å². The van der Waals surface area contributed by atoms with Crippen LogP contribution in [0.3, 0.4) is 0 Å². The molecule has 1 atom stereocenters. The van der Waals surface area contributed by atoms with E-state index >= 15 is 0 Å². The fourth-order valence-electron chi connectivity index (χ4n) is 1.46. The molecule has 0 fully saturated rings. The van der Waals surface area contributed by atoms with Gasteiger partial charge in [-0.2, -0.15) is 0 Å². The monoisotopic (exact) mass is 275 g/mol. The van der Waals surface area contributed by atoms with Crippen LogP contribution in [0.2, 0.25) is 0 Å². The molecular formula is C11H21N3O3S. The number of aryl methyl sites for hydroxylation is 1. The second-order valence-corrected chi connectivity index (χ2v) is 6.09. The van der Waals surface area contributed by atoms with E-state index in [2.05, 4.69) is 15.0 Å². The highest BCUT2D eigenvalue weighted by Gasteiger charge is 2.18. The van der Waals surface area contributed by atoms with Crippen molar-refractivity contribution in [3.05, 3.63) is 17.8 Å². The Balaban J connectivity index is 2.44. The van der Waals surface area contributed by atoms with E-state index in [9.17, 15) is 8.42 Å². The van der Waals surface area contributed by atoms with Gasteiger partial charge in [0, 0.05) is 6.54 Å². The van der Waals surface area contributed by atoms with Gasteiger partial charge < -0.3 is 9.73 Å². The van der Waals surface area contributed by atoms with E-state index < -0.39 is 16.1 Å². The summed E-state index contributed by atoms with van der Waals surface area (Å²) in [6.45, 7) is 6.78. The van der Waals surface area contributed by atoms with Crippen LogP contribution in [0.15, 0.2) is 10.6 Å². The predicted molar refractivity (Wildman–Crippen MR) is 69.7 cm³/mol. The lowest BCUT2D eigenvalue weighted by Crippen LogP contribution is -2.33. The van der Waals surface area contributed by atoms with Gasteiger partial charge in [0.05, 0.1) is 18.0 Å². The predicted octanol–water partition coefficient (Wildman–Crippen LogP) is 0.963. The number of sulfonamides is 1. The topological polar surface area (TPSA) is 84.2 Å². The van der Waals surface area contributed by atoms with Crippen LogP contribution in [0, 0.1) is 6.92 Å². The van der Waals surface area contributed by atoms with E-state index in [0.717, 1.165) is 13.0 Å². The Hall–Kier alpha value is -0.920. The molecule has 0 aromatic carbocycles. The molecule has 0 amide bonds. The van der Waals surface area contributed by atoms with Crippen molar-refractivity contribution in [1.82, 2.24) is 15.0 Å².